The first kappa shape index (κ1) is 12.7. The SMILES string of the molecule is OC(CNC1CCCSC1)CC1CCCC1. The Morgan fingerprint density at radius 3 is 2.69 bits per heavy atom. The van der Waals surface area contributed by atoms with Crippen LogP contribution >= 0.6 is 11.8 Å². The van der Waals surface area contributed by atoms with Crippen LogP contribution in [0.2, 0.25) is 0 Å². The van der Waals surface area contributed by atoms with Crippen LogP contribution in [-0.4, -0.2) is 35.3 Å². The van der Waals surface area contributed by atoms with E-state index in [1.165, 1.54) is 50.0 Å². The zero-order valence-corrected chi connectivity index (χ0v) is 11.0. The largest absolute Gasteiger partial charge is 0.392 e. The Hall–Kier alpha value is 0.270. The molecule has 1 saturated heterocycles. The van der Waals surface area contributed by atoms with Crippen LogP contribution < -0.4 is 5.32 Å². The lowest BCUT2D eigenvalue weighted by Crippen LogP contribution is -2.39. The van der Waals surface area contributed by atoms with E-state index in [1.54, 1.807) is 0 Å². The summed E-state index contributed by atoms with van der Waals surface area (Å²) < 4.78 is 0. The maximum absolute atomic E-state index is 9.97. The van der Waals surface area contributed by atoms with Crippen LogP contribution in [0, 0.1) is 5.92 Å². The minimum absolute atomic E-state index is 0.116. The summed E-state index contributed by atoms with van der Waals surface area (Å²) in [5, 5.41) is 13.5. The molecule has 1 saturated carbocycles. The van der Waals surface area contributed by atoms with Crippen molar-refractivity contribution in [2.45, 2.75) is 57.1 Å². The first-order chi connectivity index (χ1) is 7.84. The van der Waals surface area contributed by atoms with Crippen molar-refractivity contribution >= 4 is 11.8 Å². The monoisotopic (exact) mass is 243 g/mol. The molecule has 1 aliphatic carbocycles. The van der Waals surface area contributed by atoms with Gasteiger partial charge in [-0.05, 0) is 30.9 Å². The Morgan fingerprint density at radius 1 is 1.19 bits per heavy atom. The molecule has 2 atom stereocenters. The molecule has 0 aromatic heterocycles. The summed E-state index contributed by atoms with van der Waals surface area (Å²) in [4.78, 5) is 0. The highest BCUT2D eigenvalue weighted by atomic mass is 32.2. The van der Waals surface area contributed by atoms with Crippen molar-refractivity contribution in [1.82, 2.24) is 5.32 Å². The van der Waals surface area contributed by atoms with Gasteiger partial charge in [-0.15, -0.1) is 0 Å². The molecule has 0 aromatic carbocycles. The summed E-state index contributed by atoms with van der Waals surface area (Å²) in [5.41, 5.74) is 0. The quantitative estimate of drug-likeness (QED) is 0.778. The summed E-state index contributed by atoms with van der Waals surface area (Å²) in [7, 11) is 0. The molecule has 0 aromatic rings. The summed E-state index contributed by atoms with van der Waals surface area (Å²) in [6.07, 6.45) is 8.98. The maximum atomic E-state index is 9.97. The maximum Gasteiger partial charge on any atom is 0.0667 e. The lowest BCUT2D eigenvalue weighted by molar-refractivity contribution is 0.137. The van der Waals surface area contributed by atoms with Crippen molar-refractivity contribution in [3.8, 4) is 0 Å². The van der Waals surface area contributed by atoms with E-state index in [4.69, 9.17) is 0 Å². The molecule has 1 aliphatic heterocycles. The molecule has 2 fully saturated rings. The van der Waals surface area contributed by atoms with Crippen molar-refractivity contribution in [2.75, 3.05) is 18.1 Å². The van der Waals surface area contributed by atoms with Crippen LogP contribution in [0.4, 0.5) is 0 Å². The molecular formula is C13H25NOS. The Morgan fingerprint density at radius 2 is 2.00 bits per heavy atom. The molecule has 2 unspecified atom stereocenters. The van der Waals surface area contributed by atoms with Crippen LogP contribution in [0.25, 0.3) is 0 Å². The molecule has 0 radical (unpaired) electrons. The first-order valence-electron chi connectivity index (χ1n) is 6.84. The zero-order valence-electron chi connectivity index (χ0n) is 10.2. The number of aliphatic hydroxyl groups is 1. The van der Waals surface area contributed by atoms with Gasteiger partial charge in [0.25, 0.3) is 0 Å². The highest BCUT2D eigenvalue weighted by molar-refractivity contribution is 7.99. The second-order valence-electron chi connectivity index (χ2n) is 5.36. The van der Waals surface area contributed by atoms with Crippen LogP contribution in [0.5, 0.6) is 0 Å². The average Bonchev–Trinajstić information content (AvgIpc) is 2.81. The summed E-state index contributed by atoms with van der Waals surface area (Å²) in [6.45, 7) is 0.807. The van der Waals surface area contributed by atoms with Gasteiger partial charge in [0.05, 0.1) is 6.10 Å². The van der Waals surface area contributed by atoms with Gasteiger partial charge in [-0.2, -0.15) is 11.8 Å². The Balaban J connectivity index is 1.57. The van der Waals surface area contributed by atoms with Crippen LogP contribution in [-0.2, 0) is 0 Å². The molecule has 2 nitrogen and oxygen atoms in total. The molecule has 2 N–H and O–H groups in total. The van der Waals surface area contributed by atoms with Crippen LogP contribution in [0.3, 0.4) is 0 Å². The van der Waals surface area contributed by atoms with Gasteiger partial charge in [-0.1, -0.05) is 25.7 Å². The first-order valence-corrected chi connectivity index (χ1v) is 7.99. The van der Waals surface area contributed by atoms with Gasteiger partial charge in [0.15, 0.2) is 0 Å². The van der Waals surface area contributed by atoms with Crippen molar-refractivity contribution < 1.29 is 5.11 Å². The van der Waals surface area contributed by atoms with E-state index < -0.39 is 0 Å². The van der Waals surface area contributed by atoms with Gasteiger partial charge in [-0.3, -0.25) is 0 Å². The van der Waals surface area contributed by atoms with Gasteiger partial charge in [0.2, 0.25) is 0 Å². The molecule has 0 bridgehead atoms. The summed E-state index contributed by atoms with van der Waals surface area (Å²) in [6, 6.07) is 0.650. The van der Waals surface area contributed by atoms with Gasteiger partial charge >= 0.3 is 0 Å². The molecule has 0 amide bonds. The molecule has 0 spiro atoms. The van der Waals surface area contributed by atoms with Crippen molar-refractivity contribution in [3.05, 3.63) is 0 Å². The fraction of sp³-hybridized carbons (Fsp3) is 1.00. The molecular weight excluding hydrogens is 218 g/mol. The molecule has 2 aliphatic rings. The normalized spacial score (nSPS) is 29.4. The second kappa shape index (κ2) is 6.87. The summed E-state index contributed by atoms with van der Waals surface area (Å²) >= 11 is 2.04. The lowest BCUT2D eigenvalue weighted by Gasteiger charge is -2.24. The average molecular weight is 243 g/mol. The highest BCUT2D eigenvalue weighted by Gasteiger charge is 2.20. The van der Waals surface area contributed by atoms with Gasteiger partial charge in [0, 0.05) is 18.3 Å². The second-order valence-corrected chi connectivity index (χ2v) is 6.51. The van der Waals surface area contributed by atoms with Crippen molar-refractivity contribution in [2.24, 2.45) is 5.92 Å². The van der Waals surface area contributed by atoms with E-state index in [2.05, 4.69) is 5.32 Å². The number of nitrogens with one attached hydrogen (secondary N) is 1. The third-order valence-corrected chi connectivity index (χ3v) is 5.10. The lowest BCUT2D eigenvalue weighted by atomic mass is 10.00. The minimum Gasteiger partial charge on any atom is -0.392 e. The smallest absolute Gasteiger partial charge is 0.0667 e. The highest BCUT2D eigenvalue weighted by Crippen LogP contribution is 2.28. The number of aliphatic hydroxyl groups excluding tert-OH is 1. The van der Waals surface area contributed by atoms with Gasteiger partial charge in [0.1, 0.15) is 0 Å². The zero-order chi connectivity index (χ0) is 11.2. The van der Waals surface area contributed by atoms with Crippen LogP contribution in [0.1, 0.15) is 44.9 Å². The van der Waals surface area contributed by atoms with E-state index in [9.17, 15) is 5.11 Å². The van der Waals surface area contributed by atoms with E-state index >= 15 is 0 Å². The predicted molar refractivity (Wildman–Crippen MR) is 70.9 cm³/mol. The fourth-order valence-electron chi connectivity index (χ4n) is 2.92. The number of rotatable bonds is 5. The van der Waals surface area contributed by atoms with E-state index in [1.807, 2.05) is 11.8 Å². The minimum atomic E-state index is -0.116. The van der Waals surface area contributed by atoms with Gasteiger partial charge < -0.3 is 10.4 Å². The molecule has 2 rings (SSSR count). The summed E-state index contributed by atoms with van der Waals surface area (Å²) in [5.74, 6) is 3.36. The van der Waals surface area contributed by atoms with E-state index in [0.717, 1.165) is 18.9 Å². The van der Waals surface area contributed by atoms with E-state index in [-0.39, 0.29) is 6.10 Å². The standard InChI is InChI=1S/C13H25NOS/c15-13(8-11-4-1-2-5-11)9-14-12-6-3-7-16-10-12/h11-15H,1-10H2. The molecule has 94 valence electrons. The van der Waals surface area contributed by atoms with Crippen molar-refractivity contribution in [3.63, 3.8) is 0 Å². The molecule has 1 heterocycles. The third-order valence-electron chi connectivity index (χ3n) is 3.88. The Kier molecular flexibility index (Phi) is 5.46. The third kappa shape index (κ3) is 4.27. The molecule has 3 heteroatoms. The van der Waals surface area contributed by atoms with Gasteiger partial charge in [-0.25, -0.2) is 0 Å². The number of thioether (sulfide) groups is 1. The predicted octanol–water partition coefficient (Wildman–Crippen LogP) is 2.41. The number of hydrogen-bond donors (Lipinski definition) is 2. The Bertz CT molecular complexity index is 188. The van der Waals surface area contributed by atoms with E-state index in [0.29, 0.717) is 6.04 Å². The fourth-order valence-corrected chi connectivity index (χ4v) is 4.03. The molecule has 16 heavy (non-hydrogen) atoms. The van der Waals surface area contributed by atoms with Crippen molar-refractivity contribution in [1.29, 1.82) is 0 Å². The Labute approximate surface area is 104 Å². The topological polar surface area (TPSA) is 32.3 Å². The number of hydrogen-bond acceptors (Lipinski definition) is 3. The van der Waals surface area contributed by atoms with Crippen LogP contribution in [0.15, 0.2) is 0 Å².